The molecule has 0 saturated heterocycles. The maximum Gasteiger partial charge on any atom is 0.137 e. The molecule has 0 aliphatic rings. The number of nitrogens with zero attached hydrogens (tertiary/aromatic N) is 2. The fraction of sp³-hybridized carbons (Fsp3) is 0.167. The lowest BCUT2D eigenvalue weighted by molar-refractivity contribution is 1.02. The Hall–Kier alpha value is -2.39. The first-order valence-corrected chi connectivity index (χ1v) is 7.08. The second kappa shape index (κ2) is 5.54. The van der Waals surface area contributed by atoms with E-state index in [-0.39, 0.29) is 0 Å². The molecule has 1 aromatic heterocycles. The number of fused-ring (bicyclic) bond motifs is 1. The third-order valence-corrected chi connectivity index (χ3v) is 3.71. The Bertz CT molecular complexity index is 780. The normalized spacial score (nSPS) is 10.8. The number of aryl methyl sites for hydroxylation is 1. The molecule has 2 aromatic carbocycles. The van der Waals surface area contributed by atoms with E-state index in [2.05, 4.69) is 48.2 Å². The second-order valence-corrected chi connectivity index (χ2v) is 5.27. The van der Waals surface area contributed by atoms with Crippen molar-refractivity contribution in [3.8, 4) is 0 Å². The van der Waals surface area contributed by atoms with Gasteiger partial charge in [0, 0.05) is 30.2 Å². The summed E-state index contributed by atoms with van der Waals surface area (Å²) < 4.78 is 0. The molecule has 0 radical (unpaired) electrons. The van der Waals surface area contributed by atoms with Crippen molar-refractivity contribution in [1.82, 2.24) is 4.98 Å². The molecule has 106 valence electrons. The highest BCUT2D eigenvalue weighted by atomic mass is 15.2. The number of nitrogens with two attached hydrogens (primary N) is 1. The van der Waals surface area contributed by atoms with Gasteiger partial charge in [-0.05, 0) is 36.8 Å². The van der Waals surface area contributed by atoms with Crippen molar-refractivity contribution in [2.75, 3.05) is 11.9 Å². The Morgan fingerprint density at radius 1 is 1.05 bits per heavy atom. The van der Waals surface area contributed by atoms with Crippen LogP contribution in [0.1, 0.15) is 11.1 Å². The molecule has 0 bridgehead atoms. The zero-order valence-corrected chi connectivity index (χ0v) is 12.4. The average Bonchev–Trinajstić information content (AvgIpc) is 2.53. The number of benzene rings is 2. The minimum absolute atomic E-state index is 0.476. The van der Waals surface area contributed by atoms with Crippen LogP contribution in [0.3, 0.4) is 0 Å². The quantitative estimate of drug-likeness (QED) is 0.792. The molecule has 21 heavy (non-hydrogen) atoms. The first kappa shape index (κ1) is 13.6. The fourth-order valence-electron chi connectivity index (χ4n) is 2.55. The summed E-state index contributed by atoms with van der Waals surface area (Å²) in [4.78, 5) is 6.90. The van der Waals surface area contributed by atoms with Gasteiger partial charge in [0.15, 0.2) is 0 Å². The summed E-state index contributed by atoms with van der Waals surface area (Å²) in [5.74, 6) is 0.918. The van der Waals surface area contributed by atoms with Crippen molar-refractivity contribution >= 4 is 22.4 Å². The van der Waals surface area contributed by atoms with E-state index in [1.165, 1.54) is 5.56 Å². The van der Waals surface area contributed by atoms with Crippen LogP contribution < -0.4 is 10.6 Å². The van der Waals surface area contributed by atoms with Gasteiger partial charge in [0.25, 0.3) is 0 Å². The Labute approximate surface area is 125 Å². The van der Waals surface area contributed by atoms with E-state index in [1.54, 1.807) is 0 Å². The highest BCUT2D eigenvalue weighted by Crippen LogP contribution is 2.28. The van der Waals surface area contributed by atoms with Crippen LogP contribution in [0.2, 0.25) is 0 Å². The van der Waals surface area contributed by atoms with Crippen LogP contribution >= 0.6 is 0 Å². The van der Waals surface area contributed by atoms with Gasteiger partial charge in [0.05, 0.1) is 5.52 Å². The van der Waals surface area contributed by atoms with Gasteiger partial charge >= 0.3 is 0 Å². The number of hydrogen-bond donors (Lipinski definition) is 1. The van der Waals surface area contributed by atoms with Crippen LogP contribution in [0.4, 0.5) is 11.5 Å². The zero-order valence-electron chi connectivity index (χ0n) is 12.4. The van der Waals surface area contributed by atoms with E-state index in [0.29, 0.717) is 6.54 Å². The van der Waals surface area contributed by atoms with Gasteiger partial charge in [-0.3, -0.25) is 0 Å². The molecule has 0 atom stereocenters. The topological polar surface area (TPSA) is 42.2 Å². The van der Waals surface area contributed by atoms with E-state index >= 15 is 0 Å². The highest BCUT2D eigenvalue weighted by molar-refractivity contribution is 5.82. The summed E-state index contributed by atoms with van der Waals surface area (Å²) in [5.41, 5.74) is 10.3. The Morgan fingerprint density at radius 2 is 1.86 bits per heavy atom. The summed E-state index contributed by atoms with van der Waals surface area (Å²) in [6, 6.07) is 18.6. The Balaban J connectivity index is 2.14. The van der Waals surface area contributed by atoms with E-state index in [9.17, 15) is 0 Å². The highest BCUT2D eigenvalue weighted by Gasteiger charge is 2.12. The number of aromatic nitrogens is 1. The van der Waals surface area contributed by atoms with Gasteiger partial charge in [-0.1, -0.05) is 30.3 Å². The van der Waals surface area contributed by atoms with E-state index in [0.717, 1.165) is 28.0 Å². The first-order valence-electron chi connectivity index (χ1n) is 7.08. The van der Waals surface area contributed by atoms with Crippen molar-refractivity contribution in [1.29, 1.82) is 0 Å². The van der Waals surface area contributed by atoms with Crippen molar-refractivity contribution < 1.29 is 0 Å². The van der Waals surface area contributed by atoms with Gasteiger partial charge in [-0.15, -0.1) is 0 Å². The molecule has 2 N–H and O–H groups in total. The Morgan fingerprint density at radius 3 is 2.62 bits per heavy atom. The van der Waals surface area contributed by atoms with Crippen LogP contribution in [0.25, 0.3) is 10.9 Å². The number of para-hydroxylation sites is 1. The molecule has 0 unspecified atom stereocenters. The summed E-state index contributed by atoms with van der Waals surface area (Å²) >= 11 is 0. The summed E-state index contributed by atoms with van der Waals surface area (Å²) in [6.45, 7) is 2.57. The van der Waals surface area contributed by atoms with Crippen molar-refractivity contribution in [3.63, 3.8) is 0 Å². The lowest BCUT2D eigenvalue weighted by Crippen LogP contribution is -2.15. The Kier molecular flexibility index (Phi) is 3.59. The summed E-state index contributed by atoms with van der Waals surface area (Å²) in [6.07, 6.45) is 0. The minimum atomic E-state index is 0.476. The molecule has 3 rings (SSSR count). The van der Waals surface area contributed by atoms with Crippen LogP contribution in [-0.2, 0) is 6.54 Å². The third-order valence-electron chi connectivity index (χ3n) is 3.71. The van der Waals surface area contributed by atoms with Crippen LogP contribution in [0.15, 0.2) is 54.6 Å². The fourth-order valence-corrected chi connectivity index (χ4v) is 2.55. The monoisotopic (exact) mass is 277 g/mol. The maximum absolute atomic E-state index is 5.92. The molecule has 0 saturated carbocycles. The number of rotatable bonds is 3. The molecule has 0 aliphatic carbocycles. The summed E-state index contributed by atoms with van der Waals surface area (Å²) in [5, 5.41) is 1.12. The predicted molar refractivity (Wildman–Crippen MR) is 88.9 cm³/mol. The smallest absolute Gasteiger partial charge is 0.137 e. The van der Waals surface area contributed by atoms with Crippen molar-refractivity contribution in [3.05, 3.63) is 65.7 Å². The van der Waals surface area contributed by atoms with Crippen LogP contribution in [-0.4, -0.2) is 12.0 Å². The SMILES string of the molecule is Cc1cccc(N(C)c2nc3ccccc3cc2CN)c1. The first-order chi connectivity index (χ1) is 10.2. The largest absolute Gasteiger partial charge is 0.329 e. The molecule has 0 amide bonds. The van der Waals surface area contributed by atoms with E-state index in [1.807, 2.05) is 25.2 Å². The average molecular weight is 277 g/mol. The number of anilines is 2. The van der Waals surface area contributed by atoms with Gasteiger partial charge in [-0.2, -0.15) is 0 Å². The molecule has 3 nitrogen and oxygen atoms in total. The molecule has 0 spiro atoms. The van der Waals surface area contributed by atoms with Crippen LogP contribution in [0.5, 0.6) is 0 Å². The van der Waals surface area contributed by atoms with Gasteiger partial charge < -0.3 is 10.6 Å². The zero-order chi connectivity index (χ0) is 14.8. The number of pyridine rings is 1. The maximum atomic E-state index is 5.92. The molecule has 3 aromatic rings. The molecule has 1 heterocycles. The molecular weight excluding hydrogens is 258 g/mol. The molecular formula is C18H19N3. The predicted octanol–water partition coefficient (Wildman–Crippen LogP) is 3.77. The lowest BCUT2D eigenvalue weighted by Gasteiger charge is -2.22. The summed E-state index contributed by atoms with van der Waals surface area (Å²) in [7, 11) is 2.03. The molecule has 0 fully saturated rings. The van der Waals surface area contributed by atoms with Gasteiger partial charge in [0.1, 0.15) is 5.82 Å². The van der Waals surface area contributed by atoms with Crippen molar-refractivity contribution in [2.24, 2.45) is 5.73 Å². The third kappa shape index (κ3) is 2.60. The molecule has 3 heteroatoms. The lowest BCUT2D eigenvalue weighted by atomic mass is 10.1. The minimum Gasteiger partial charge on any atom is -0.329 e. The standard InChI is InChI=1S/C18H19N3/c1-13-6-5-8-16(10-13)21(2)18-15(12-19)11-14-7-3-4-9-17(14)20-18/h3-11H,12,19H2,1-2H3. The van der Waals surface area contributed by atoms with E-state index in [4.69, 9.17) is 10.7 Å². The molecule has 0 aliphatic heterocycles. The van der Waals surface area contributed by atoms with E-state index < -0.39 is 0 Å². The van der Waals surface area contributed by atoms with Gasteiger partial charge in [-0.25, -0.2) is 4.98 Å². The van der Waals surface area contributed by atoms with Gasteiger partial charge in [0.2, 0.25) is 0 Å². The van der Waals surface area contributed by atoms with Crippen molar-refractivity contribution in [2.45, 2.75) is 13.5 Å². The second-order valence-electron chi connectivity index (χ2n) is 5.27. The number of hydrogen-bond acceptors (Lipinski definition) is 3. The van der Waals surface area contributed by atoms with Crippen LogP contribution in [0, 0.1) is 6.92 Å².